The summed E-state index contributed by atoms with van der Waals surface area (Å²) in [7, 11) is 9.75. The summed E-state index contributed by atoms with van der Waals surface area (Å²) in [5.41, 5.74) is 12.2. The van der Waals surface area contributed by atoms with Crippen LogP contribution < -0.4 is 11.5 Å². The van der Waals surface area contributed by atoms with Gasteiger partial charge in [-0.25, -0.2) is 0 Å². The van der Waals surface area contributed by atoms with Crippen LogP contribution in [-0.2, 0) is 16.5 Å². The van der Waals surface area contributed by atoms with E-state index in [4.69, 9.17) is 30.3 Å². The summed E-state index contributed by atoms with van der Waals surface area (Å²) in [6, 6.07) is 7.00. The molecule has 0 aliphatic rings. The van der Waals surface area contributed by atoms with Crippen molar-refractivity contribution in [2.75, 3.05) is 11.5 Å². The number of hydrogen-bond donors (Lipinski definition) is 2. The number of nitrogens with zero attached hydrogens (tertiary/aromatic N) is 2. The average molecular weight is 454 g/mol. The van der Waals surface area contributed by atoms with Crippen LogP contribution in [0.15, 0.2) is 49.1 Å². The Bertz CT molecular complexity index is 337. The molecular weight excluding hydrogens is 442 g/mol. The molecule has 0 amide bonds. The van der Waals surface area contributed by atoms with Crippen molar-refractivity contribution in [1.29, 1.82) is 0 Å². The molecule has 0 unspecified atom stereocenters. The number of pyridine rings is 2. The second-order valence-corrected chi connectivity index (χ2v) is 5.89. The molecule has 0 aliphatic heterocycles. The van der Waals surface area contributed by atoms with Gasteiger partial charge in [-0.15, -0.1) is 0 Å². The first-order valence-electron chi connectivity index (χ1n) is 4.34. The van der Waals surface area contributed by atoms with Crippen LogP contribution >= 0.6 is 18.8 Å². The molecule has 2 aromatic rings. The van der Waals surface area contributed by atoms with Gasteiger partial charge in [0, 0.05) is 36.2 Å². The molecule has 0 aliphatic carbocycles. The van der Waals surface area contributed by atoms with Crippen LogP contribution in [0.1, 0.15) is 0 Å². The maximum atomic E-state index is 5.32. The second-order valence-electron chi connectivity index (χ2n) is 2.61. The van der Waals surface area contributed by atoms with E-state index >= 15 is 0 Å². The zero-order chi connectivity index (χ0) is 12.9. The molecule has 0 bridgehead atoms. The third kappa shape index (κ3) is 11.4. The van der Waals surface area contributed by atoms with Gasteiger partial charge in [0.1, 0.15) is 0 Å². The summed E-state index contributed by atoms with van der Waals surface area (Å²) in [4.78, 5) is 7.53. The molecule has 7 heteroatoms. The Morgan fingerprint density at radius 3 is 1.12 bits per heavy atom. The zero-order valence-corrected chi connectivity index (χ0v) is 12.5. The van der Waals surface area contributed by atoms with Crippen molar-refractivity contribution in [1.82, 2.24) is 9.97 Å². The van der Waals surface area contributed by atoms with E-state index in [1.54, 1.807) is 49.1 Å². The predicted octanol–water partition coefficient (Wildman–Crippen LogP) is 2.70. The fraction of sp³-hybridized carbons (Fsp3) is 0. The van der Waals surface area contributed by atoms with Crippen LogP contribution in [0.25, 0.3) is 0 Å². The predicted molar refractivity (Wildman–Crippen MR) is 69.0 cm³/mol. The Balaban J connectivity index is 0.000000247. The van der Waals surface area contributed by atoms with E-state index in [1.807, 2.05) is 0 Å². The molecule has 4 nitrogen and oxygen atoms in total. The third-order valence-electron chi connectivity index (χ3n) is 1.41. The number of anilines is 2. The van der Waals surface area contributed by atoms with Gasteiger partial charge in [0.2, 0.25) is 0 Å². The van der Waals surface area contributed by atoms with Gasteiger partial charge in [-0.1, -0.05) is 0 Å². The van der Waals surface area contributed by atoms with Gasteiger partial charge in [0.15, 0.2) is 0 Å². The maximum absolute atomic E-state index is 5.32. The molecule has 0 saturated carbocycles. The van der Waals surface area contributed by atoms with E-state index in [0.29, 0.717) is 0 Å². The van der Waals surface area contributed by atoms with Gasteiger partial charge in [-0.05, 0) is 24.3 Å². The average Bonchev–Trinajstić information content (AvgIpc) is 2.33. The Labute approximate surface area is 117 Å². The van der Waals surface area contributed by atoms with Crippen LogP contribution in [0, 0.1) is 0 Å². The Hall–Kier alpha value is -0.832. The van der Waals surface area contributed by atoms with E-state index in [0.717, 1.165) is 11.4 Å². The quantitative estimate of drug-likeness (QED) is 0.642. The van der Waals surface area contributed by atoms with Crippen molar-refractivity contribution >= 4 is 30.2 Å². The molecular formula is C10H12Cl2N4Pt. The Kier molecular flexibility index (Phi) is 11.1. The van der Waals surface area contributed by atoms with Gasteiger partial charge in [-0.2, -0.15) is 0 Å². The molecule has 2 aromatic heterocycles. The number of nitrogens with two attached hydrogens (primary N) is 2. The number of nitrogen functional groups attached to an aromatic ring is 2. The molecule has 0 fully saturated rings. The SMILES string of the molecule is Nc1ccncc1.Nc1ccncc1.[Cl][Pt][Cl]. The van der Waals surface area contributed by atoms with Crippen LogP contribution in [0.5, 0.6) is 0 Å². The first-order valence-corrected chi connectivity index (χ1v) is 9.97. The van der Waals surface area contributed by atoms with Gasteiger partial charge >= 0.3 is 35.3 Å². The molecule has 2 rings (SSSR count). The second kappa shape index (κ2) is 11.6. The van der Waals surface area contributed by atoms with Crippen molar-refractivity contribution in [3.63, 3.8) is 0 Å². The van der Waals surface area contributed by atoms with Crippen molar-refractivity contribution in [3.8, 4) is 0 Å². The summed E-state index contributed by atoms with van der Waals surface area (Å²) >= 11 is -0.472. The molecule has 0 atom stereocenters. The Morgan fingerprint density at radius 1 is 0.765 bits per heavy atom. The third-order valence-corrected chi connectivity index (χ3v) is 1.41. The number of halogens is 2. The molecule has 96 valence electrons. The molecule has 17 heavy (non-hydrogen) atoms. The van der Waals surface area contributed by atoms with Crippen LogP contribution in [0.2, 0.25) is 0 Å². The van der Waals surface area contributed by atoms with E-state index in [9.17, 15) is 0 Å². The molecule has 4 N–H and O–H groups in total. The molecule has 0 aromatic carbocycles. The summed E-state index contributed by atoms with van der Waals surface area (Å²) in [6.45, 7) is 0. The van der Waals surface area contributed by atoms with Crippen LogP contribution in [-0.4, -0.2) is 9.97 Å². The fourth-order valence-electron chi connectivity index (χ4n) is 0.727. The zero-order valence-electron chi connectivity index (χ0n) is 8.74. The number of rotatable bonds is 0. The van der Waals surface area contributed by atoms with E-state index in [1.165, 1.54) is 0 Å². The van der Waals surface area contributed by atoms with Crippen molar-refractivity contribution < 1.29 is 16.5 Å². The monoisotopic (exact) mass is 453 g/mol. The fourth-order valence-corrected chi connectivity index (χ4v) is 0.727. The Morgan fingerprint density at radius 2 is 1.00 bits per heavy atom. The molecule has 0 spiro atoms. The summed E-state index contributed by atoms with van der Waals surface area (Å²) in [5, 5.41) is 0. The standard InChI is InChI=1S/2C5H6N2.2ClH.Pt/c2*6-5-1-3-7-4-2-5;;;/h2*1-4H,(H2,6,7);2*1H;/q;;;;+2/p-2. The van der Waals surface area contributed by atoms with Crippen LogP contribution in [0.4, 0.5) is 11.4 Å². The summed E-state index contributed by atoms with van der Waals surface area (Å²) in [6.07, 6.45) is 6.65. The van der Waals surface area contributed by atoms with Crippen molar-refractivity contribution in [2.45, 2.75) is 0 Å². The van der Waals surface area contributed by atoms with Gasteiger partial charge in [-0.3, -0.25) is 9.97 Å². The summed E-state index contributed by atoms with van der Waals surface area (Å²) < 4.78 is 0. The minimum atomic E-state index is -0.472. The van der Waals surface area contributed by atoms with E-state index in [2.05, 4.69) is 9.97 Å². The van der Waals surface area contributed by atoms with Gasteiger partial charge in [0.25, 0.3) is 0 Å². The number of hydrogen-bond acceptors (Lipinski definition) is 4. The first kappa shape index (κ1) is 16.2. The van der Waals surface area contributed by atoms with Crippen LogP contribution in [0.3, 0.4) is 0 Å². The van der Waals surface area contributed by atoms with Gasteiger partial charge in [0.05, 0.1) is 0 Å². The normalized spacial score (nSPS) is 8.35. The van der Waals surface area contributed by atoms with Crippen molar-refractivity contribution in [2.24, 2.45) is 0 Å². The van der Waals surface area contributed by atoms with E-state index in [-0.39, 0.29) is 0 Å². The van der Waals surface area contributed by atoms with Gasteiger partial charge < -0.3 is 11.5 Å². The minimum absolute atomic E-state index is 0.472. The van der Waals surface area contributed by atoms with Crippen molar-refractivity contribution in [3.05, 3.63) is 49.1 Å². The summed E-state index contributed by atoms with van der Waals surface area (Å²) in [5.74, 6) is 0. The molecule has 0 radical (unpaired) electrons. The van der Waals surface area contributed by atoms with E-state index < -0.39 is 16.5 Å². The molecule has 2 heterocycles. The molecule has 0 saturated heterocycles. The number of aromatic nitrogens is 2. The topological polar surface area (TPSA) is 77.8 Å². The first-order chi connectivity index (χ1) is 8.20.